The molecule has 0 aliphatic rings. The molecular formula is C19H17OS+. The number of benzene rings is 3. The van der Waals surface area contributed by atoms with E-state index in [1.54, 1.807) is 6.07 Å². The summed E-state index contributed by atoms with van der Waals surface area (Å²) in [5, 5.41) is 10.3. The number of phenols is 1. The molecule has 0 fully saturated rings. The number of hydrogen-bond donors (Lipinski definition) is 1. The van der Waals surface area contributed by atoms with Crippen LogP contribution in [0.4, 0.5) is 0 Å². The summed E-state index contributed by atoms with van der Waals surface area (Å²) in [5.74, 6) is 0.352. The molecule has 0 aliphatic heterocycles. The van der Waals surface area contributed by atoms with E-state index in [0.29, 0.717) is 5.75 Å². The molecule has 0 spiro atoms. The van der Waals surface area contributed by atoms with E-state index in [2.05, 4.69) is 43.3 Å². The lowest BCUT2D eigenvalue weighted by Gasteiger charge is -2.09. The number of para-hydroxylation sites is 1. The van der Waals surface area contributed by atoms with E-state index in [0.717, 1.165) is 4.90 Å². The Balaban J connectivity index is 2.16. The molecule has 3 rings (SSSR count). The number of phenolic OH excluding ortho intramolecular Hbond substituents is 1. The van der Waals surface area contributed by atoms with Gasteiger partial charge >= 0.3 is 0 Å². The van der Waals surface area contributed by atoms with Gasteiger partial charge in [-0.3, -0.25) is 0 Å². The summed E-state index contributed by atoms with van der Waals surface area (Å²) in [6.07, 6.45) is 0. The molecule has 0 aromatic heterocycles. The summed E-state index contributed by atoms with van der Waals surface area (Å²) >= 11 is 0. The summed E-state index contributed by atoms with van der Waals surface area (Å²) in [6, 6.07) is 26.5. The molecule has 1 unspecified atom stereocenters. The van der Waals surface area contributed by atoms with Crippen molar-refractivity contribution < 1.29 is 5.11 Å². The van der Waals surface area contributed by atoms with Crippen molar-refractivity contribution in [1.29, 1.82) is 0 Å². The van der Waals surface area contributed by atoms with Crippen LogP contribution in [-0.4, -0.2) is 5.11 Å². The van der Waals surface area contributed by atoms with E-state index in [4.69, 9.17) is 0 Å². The Kier molecular flexibility index (Phi) is 3.98. The van der Waals surface area contributed by atoms with Crippen LogP contribution in [0.3, 0.4) is 0 Å². The minimum absolute atomic E-state index is 0.284. The number of hydrogen-bond acceptors (Lipinski definition) is 1. The topological polar surface area (TPSA) is 20.2 Å². The van der Waals surface area contributed by atoms with Crippen LogP contribution in [0.1, 0.15) is 5.56 Å². The van der Waals surface area contributed by atoms with Gasteiger partial charge in [0.25, 0.3) is 0 Å². The molecule has 21 heavy (non-hydrogen) atoms. The normalized spacial score (nSPS) is 12.0. The molecule has 0 bridgehead atoms. The molecule has 104 valence electrons. The molecule has 1 atom stereocenters. The zero-order valence-corrected chi connectivity index (χ0v) is 12.7. The van der Waals surface area contributed by atoms with Crippen LogP contribution in [0.5, 0.6) is 5.75 Å². The van der Waals surface area contributed by atoms with Gasteiger partial charge in [0, 0.05) is 0 Å². The largest absolute Gasteiger partial charge is 0.503 e. The van der Waals surface area contributed by atoms with Gasteiger partial charge in [-0.1, -0.05) is 48.0 Å². The molecule has 0 heterocycles. The predicted molar refractivity (Wildman–Crippen MR) is 87.9 cm³/mol. The third-order valence-corrected chi connectivity index (χ3v) is 5.59. The van der Waals surface area contributed by atoms with Crippen molar-refractivity contribution in [3.8, 4) is 5.75 Å². The van der Waals surface area contributed by atoms with Gasteiger partial charge < -0.3 is 5.11 Å². The molecule has 0 saturated heterocycles. The van der Waals surface area contributed by atoms with Crippen LogP contribution in [0.2, 0.25) is 0 Å². The Morgan fingerprint density at radius 1 is 0.667 bits per heavy atom. The molecular weight excluding hydrogens is 276 g/mol. The minimum atomic E-state index is -0.284. The summed E-state index contributed by atoms with van der Waals surface area (Å²) in [4.78, 5) is 3.39. The molecule has 1 N–H and O–H groups in total. The average Bonchev–Trinajstić information content (AvgIpc) is 2.52. The zero-order chi connectivity index (χ0) is 14.7. The van der Waals surface area contributed by atoms with E-state index in [1.807, 2.05) is 36.4 Å². The molecule has 2 heteroatoms. The lowest BCUT2D eigenvalue weighted by atomic mass is 10.2. The Bertz CT molecular complexity index is 720. The van der Waals surface area contributed by atoms with Gasteiger partial charge in [0.15, 0.2) is 15.5 Å². The fourth-order valence-corrected chi connectivity index (χ4v) is 4.36. The summed E-state index contributed by atoms with van der Waals surface area (Å²) < 4.78 is 0. The van der Waals surface area contributed by atoms with Crippen molar-refractivity contribution in [1.82, 2.24) is 0 Å². The fraction of sp³-hybridized carbons (Fsp3) is 0.0526. The minimum Gasteiger partial charge on any atom is -0.503 e. The number of aromatic hydroxyl groups is 1. The first-order chi connectivity index (χ1) is 10.3. The maximum atomic E-state index is 10.3. The summed E-state index contributed by atoms with van der Waals surface area (Å²) in [5.41, 5.74) is 1.24. The second-order valence-corrected chi connectivity index (χ2v) is 6.90. The molecule has 0 aliphatic carbocycles. The third kappa shape index (κ3) is 2.96. The van der Waals surface area contributed by atoms with Crippen molar-refractivity contribution in [3.63, 3.8) is 0 Å². The zero-order valence-electron chi connectivity index (χ0n) is 11.9. The van der Waals surface area contributed by atoms with E-state index >= 15 is 0 Å². The van der Waals surface area contributed by atoms with Gasteiger partial charge in [-0.25, -0.2) is 0 Å². The molecule has 3 aromatic rings. The second-order valence-electron chi connectivity index (χ2n) is 4.90. The van der Waals surface area contributed by atoms with Crippen molar-refractivity contribution in [2.45, 2.75) is 21.6 Å². The first-order valence-electron chi connectivity index (χ1n) is 6.90. The first-order valence-corrected chi connectivity index (χ1v) is 8.12. The first kappa shape index (κ1) is 13.8. The van der Waals surface area contributed by atoms with Crippen LogP contribution in [0, 0.1) is 6.92 Å². The van der Waals surface area contributed by atoms with Crippen molar-refractivity contribution in [2.24, 2.45) is 0 Å². The highest BCUT2D eigenvalue weighted by molar-refractivity contribution is 7.97. The average molecular weight is 293 g/mol. The monoisotopic (exact) mass is 293 g/mol. The van der Waals surface area contributed by atoms with Gasteiger partial charge in [0.1, 0.15) is 10.9 Å². The fourth-order valence-electron chi connectivity index (χ4n) is 2.25. The highest BCUT2D eigenvalue weighted by atomic mass is 32.2. The lowest BCUT2D eigenvalue weighted by molar-refractivity contribution is 0.462. The Hall–Kier alpha value is -2.19. The van der Waals surface area contributed by atoms with Crippen molar-refractivity contribution >= 4 is 10.9 Å². The molecule has 1 nitrogen and oxygen atoms in total. The van der Waals surface area contributed by atoms with Gasteiger partial charge in [0.05, 0.1) is 0 Å². The van der Waals surface area contributed by atoms with Gasteiger partial charge in [0.2, 0.25) is 4.90 Å². The van der Waals surface area contributed by atoms with E-state index in [1.165, 1.54) is 15.4 Å². The number of rotatable bonds is 3. The van der Waals surface area contributed by atoms with Gasteiger partial charge in [-0.2, -0.15) is 0 Å². The van der Waals surface area contributed by atoms with E-state index in [-0.39, 0.29) is 10.9 Å². The van der Waals surface area contributed by atoms with Crippen molar-refractivity contribution in [2.75, 3.05) is 0 Å². The lowest BCUT2D eigenvalue weighted by Crippen LogP contribution is -2.04. The van der Waals surface area contributed by atoms with Gasteiger partial charge in [-0.15, -0.1) is 0 Å². The van der Waals surface area contributed by atoms with Crippen molar-refractivity contribution in [3.05, 3.63) is 84.4 Å². The van der Waals surface area contributed by atoms with Crippen LogP contribution < -0.4 is 0 Å². The predicted octanol–water partition coefficient (Wildman–Crippen LogP) is 4.80. The molecule has 0 radical (unpaired) electrons. The standard InChI is InChI=1S/C19H16OS/c1-15-11-13-17(14-12-15)21(16-7-3-2-4-8-16)19-10-6-5-9-18(19)20/h2-14H,1H3/p+1. The van der Waals surface area contributed by atoms with Crippen LogP contribution in [-0.2, 0) is 10.9 Å². The smallest absolute Gasteiger partial charge is 0.208 e. The Labute approximate surface area is 128 Å². The van der Waals surface area contributed by atoms with Gasteiger partial charge in [-0.05, 0) is 43.3 Å². The van der Waals surface area contributed by atoms with Crippen LogP contribution >= 0.6 is 0 Å². The maximum Gasteiger partial charge on any atom is 0.208 e. The Morgan fingerprint density at radius 3 is 1.90 bits per heavy atom. The van der Waals surface area contributed by atoms with E-state index in [9.17, 15) is 5.11 Å². The van der Waals surface area contributed by atoms with E-state index < -0.39 is 0 Å². The molecule has 0 saturated carbocycles. The highest BCUT2D eigenvalue weighted by Crippen LogP contribution is 2.35. The Morgan fingerprint density at radius 2 is 1.24 bits per heavy atom. The molecule has 0 amide bonds. The SMILES string of the molecule is Cc1ccc([S+](c2ccccc2)c2ccccc2O)cc1. The number of aryl methyl sites for hydroxylation is 1. The second kappa shape index (κ2) is 6.06. The molecule has 3 aromatic carbocycles. The highest BCUT2D eigenvalue weighted by Gasteiger charge is 2.30. The maximum absolute atomic E-state index is 10.3. The van der Waals surface area contributed by atoms with Crippen LogP contribution in [0.15, 0.2) is 93.5 Å². The summed E-state index contributed by atoms with van der Waals surface area (Å²) in [7, 11) is -0.284. The summed E-state index contributed by atoms with van der Waals surface area (Å²) in [6.45, 7) is 2.09. The third-order valence-electron chi connectivity index (χ3n) is 3.32. The van der Waals surface area contributed by atoms with Crippen LogP contribution in [0.25, 0.3) is 0 Å². The quantitative estimate of drug-likeness (QED) is 0.688.